The summed E-state index contributed by atoms with van der Waals surface area (Å²) in [7, 11) is -6.14. The van der Waals surface area contributed by atoms with Gasteiger partial charge in [-0.2, -0.15) is 4.31 Å². The number of benzene rings is 2. The van der Waals surface area contributed by atoms with Gasteiger partial charge >= 0.3 is 5.97 Å². The van der Waals surface area contributed by atoms with Crippen LogP contribution in [0.3, 0.4) is 0 Å². The maximum Gasteiger partial charge on any atom is 0.337 e. The fraction of sp³-hybridized carbons (Fsp3) is 0.480. The number of methoxy groups -OCH3 is 1. The second-order valence-electron chi connectivity index (χ2n) is 9.97. The SMILES string of the molecule is COC(=O)c1ccc(CS(=O)(=O)NC(CN2CCN(C3CN(S(C)(=O)=O)C3)CC2)c2ccc(F)c(Cl)c2)c(F)c1. The molecule has 220 valence electrons. The van der Waals surface area contributed by atoms with E-state index in [2.05, 4.69) is 19.3 Å². The molecule has 2 saturated heterocycles. The Bertz CT molecular complexity index is 1460. The Balaban J connectivity index is 1.44. The van der Waals surface area contributed by atoms with Crippen LogP contribution >= 0.6 is 11.6 Å². The molecule has 1 N–H and O–H groups in total. The summed E-state index contributed by atoms with van der Waals surface area (Å²) in [6, 6.07) is 6.73. The van der Waals surface area contributed by atoms with Crippen molar-refractivity contribution in [3.63, 3.8) is 0 Å². The number of ether oxygens (including phenoxy) is 1. The summed E-state index contributed by atoms with van der Waals surface area (Å²) in [6.07, 6.45) is 1.19. The maximum atomic E-state index is 14.6. The van der Waals surface area contributed by atoms with Crippen molar-refractivity contribution in [2.45, 2.75) is 17.8 Å². The molecule has 0 aromatic heterocycles. The molecule has 1 atom stereocenters. The van der Waals surface area contributed by atoms with Gasteiger partial charge in [-0.25, -0.2) is 35.1 Å². The summed E-state index contributed by atoms with van der Waals surface area (Å²) >= 11 is 5.99. The number of hydrogen-bond acceptors (Lipinski definition) is 8. The number of hydrogen-bond donors (Lipinski definition) is 1. The van der Waals surface area contributed by atoms with Crippen LogP contribution in [0.2, 0.25) is 5.02 Å². The summed E-state index contributed by atoms with van der Waals surface area (Å²) in [5.74, 6) is -2.93. The first-order chi connectivity index (χ1) is 18.8. The average Bonchev–Trinajstić information content (AvgIpc) is 2.85. The molecule has 15 heteroatoms. The van der Waals surface area contributed by atoms with Crippen LogP contribution in [-0.2, 0) is 30.5 Å². The topological polar surface area (TPSA) is 116 Å². The Morgan fingerprint density at radius 3 is 2.30 bits per heavy atom. The predicted octanol–water partition coefficient (Wildman–Crippen LogP) is 1.83. The van der Waals surface area contributed by atoms with Gasteiger partial charge in [-0.05, 0) is 29.8 Å². The normalized spacial score (nSPS) is 18.8. The van der Waals surface area contributed by atoms with Gasteiger partial charge in [0.2, 0.25) is 20.0 Å². The molecule has 2 aliphatic rings. The molecule has 0 spiro atoms. The Morgan fingerprint density at radius 1 is 1.05 bits per heavy atom. The van der Waals surface area contributed by atoms with E-state index in [9.17, 15) is 30.4 Å². The number of nitrogens with zero attached hydrogens (tertiary/aromatic N) is 3. The quantitative estimate of drug-likeness (QED) is 0.400. The number of piperazine rings is 1. The van der Waals surface area contributed by atoms with Crippen molar-refractivity contribution < 1.29 is 35.1 Å². The third-order valence-corrected chi connectivity index (χ3v) is 10.0. The molecule has 2 heterocycles. The maximum absolute atomic E-state index is 14.6. The van der Waals surface area contributed by atoms with Crippen LogP contribution in [0.25, 0.3) is 0 Å². The van der Waals surface area contributed by atoms with E-state index in [1.807, 2.05) is 0 Å². The number of carbonyl (C=O) groups is 1. The van der Waals surface area contributed by atoms with Crippen LogP contribution in [0, 0.1) is 11.6 Å². The first-order valence-electron chi connectivity index (χ1n) is 12.5. The first kappa shape index (κ1) is 30.8. The Labute approximate surface area is 237 Å². The average molecular weight is 621 g/mol. The van der Waals surface area contributed by atoms with E-state index in [-0.39, 0.29) is 28.7 Å². The number of rotatable bonds is 10. The van der Waals surface area contributed by atoms with Crippen molar-refractivity contribution in [2.24, 2.45) is 0 Å². The summed E-state index contributed by atoms with van der Waals surface area (Å²) < 4.78 is 86.7. The smallest absolute Gasteiger partial charge is 0.337 e. The minimum absolute atomic E-state index is 0.0435. The second-order valence-corrected chi connectivity index (χ2v) is 14.1. The van der Waals surface area contributed by atoms with Gasteiger partial charge in [0, 0.05) is 57.4 Å². The predicted molar refractivity (Wildman–Crippen MR) is 146 cm³/mol. The molecular formula is C25H31ClF2N4O6S2. The van der Waals surface area contributed by atoms with Crippen molar-refractivity contribution >= 4 is 37.6 Å². The highest BCUT2D eigenvalue weighted by molar-refractivity contribution is 7.88. The van der Waals surface area contributed by atoms with E-state index in [1.165, 1.54) is 34.8 Å². The van der Waals surface area contributed by atoms with Gasteiger partial charge < -0.3 is 4.74 Å². The molecule has 4 rings (SSSR count). The van der Waals surface area contributed by atoms with E-state index < -0.39 is 49.4 Å². The molecule has 1 unspecified atom stereocenters. The summed E-state index contributed by atoms with van der Waals surface area (Å²) in [5, 5.41) is -0.156. The van der Waals surface area contributed by atoms with Gasteiger partial charge in [-0.15, -0.1) is 0 Å². The number of carbonyl (C=O) groups excluding carboxylic acids is 1. The second kappa shape index (κ2) is 12.3. The zero-order valence-corrected chi connectivity index (χ0v) is 24.4. The molecule has 10 nitrogen and oxygen atoms in total. The number of esters is 1. The summed E-state index contributed by atoms with van der Waals surface area (Å²) in [4.78, 5) is 15.9. The van der Waals surface area contributed by atoms with Crippen molar-refractivity contribution in [2.75, 3.05) is 59.2 Å². The Kier molecular flexibility index (Phi) is 9.49. The van der Waals surface area contributed by atoms with Crippen molar-refractivity contribution in [3.8, 4) is 0 Å². The van der Waals surface area contributed by atoms with Crippen LogP contribution in [0.5, 0.6) is 0 Å². The molecule has 0 amide bonds. The molecule has 2 aliphatic heterocycles. The lowest BCUT2D eigenvalue weighted by Gasteiger charge is -2.47. The highest BCUT2D eigenvalue weighted by Gasteiger charge is 2.38. The zero-order chi connectivity index (χ0) is 29.2. The van der Waals surface area contributed by atoms with E-state index in [1.54, 1.807) is 0 Å². The molecule has 2 fully saturated rings. The molecule has 0 saturated carbocycles. The number of halogens is 3. The molecular weight excluding hydrogens is 590 g/mol. The Morgan fingerprint density at radius 2 is 1.73 bits per heavy atom. The van der Waals surface area contributed by atoms with Crippen molar-refractivity contribution in [3.05, 3.63) is 69.7 Å². The van der Waals surface area contributed by atoms with Gasteiger partial charge in [0.1, 0.15) is 11.6 Å². The van der Waals surface area contributed by atoms with E-state index in [0.717, 1.165) is 19.2 Å². The lowest BCUT2D eigenvalue weighted by atomic mass is 10.1. The van der Waals surface area contributed by atoms with E-state index >= 15 is 0 Å². The molecule has 40 heavy (non-hydrogen) atoms. The van der Waals surface area contributed by atoms with E-state index in [4.69, 9.17) is 11.6 Å². The highest BCUT2D eigenvalue weighted by atomic mass is 35.5. The highest BCUT2D eigenvalue weighted by Crippen LogP contribution is 2.25. The zero-order valence-electron chi connectivity index (χ0n) is 22.0. The number of nitrogens with one attached hydrogen (secondary N) is 1. The molecule has 2 aromatic carbocycles. The number of sulfonamides is 2. The third-order valence-electron chi connectivity index (χ3n) is 7.15. The van der Waals surface area contributed by atoms with Crippen LogP contribution in [0.1, 0.15) is 27.5 Å². The first-order valence-corrected chi connectivity index (χ1v) is 16.4. The lowest BCUT2D eigenvalue weighted by molar-refractivity contribution is 0.0390. The van der Waals surface area contributed by atoms with Crippen molar-refractivity contribution in [1.82, 2.24) is 18.8 Å². The Hall–Kier alpha value is -2.20. The standard InChI is InChI=1S/C25H31ClF2N4O6S2/c1-38-25(33)18-3-4-19(23(28)12-18)16-40(36,37)29-24(17-5-6-22(27)21(26)11-17)15-30-7-9-31(10-8-30)20-13-32(14-20)39(2,34)35/h3-6,11-12,20,24,29H,7-10,13-16H2,1-2H3. The van der Waals surface area contributed by atoms with Crippen LogP contribution in [0.15, 0.2) is 36.4 Å². The fourth-order valence-corrected chi connectivity index (χ4v) is 7.25. The summed E-state index contributed by atoms with van der Waals surface area (Å²) in [6.45, 7) is 3.70. The molecule has 2 aromatic rings. The minimum Gasteiger partial charge on any atom is -0.465 e. The van der Waals surface area contributed by atoms with Gasteiger partial charge in [0.25, 0.3) is 0 Å². The monoisotopic (exact) mass is 620 g/mol. The van der Waals surface area contributed by atoms with Gasteiger partial charge in [-0.1, -0.05) is 23.7 Å². The molecule has 0 aliphatic carbocycles. The summed E-state index contributed by atoms with van der Waals surface area (Å²) in [5.41, 5.74) is 0.271. The van der Waals surface area contributed by atoms with Gasteiger partial charge in [0.05, 0.1) is 35.7 Å². The largest absolute Gasteiger partial charge is 0.465 e. The molecule has 0 radical (unpaired) electrons. The fourth-order valence-electron chi connectivity index (χ4n) is 4.80. The van der Waals surface area contributed by atoms with Crippen LogP contribution in [0.4, 0.5) is 8.78 Å². The lowest BCUT2D eigenvalue weighted by Crippen LogP contribution is -2.64. The molecule has 0 bridgehead atoms. The van der Waals surface area contributed by atoms with Gasteiger partial charge in [-0.3, -0.25) is 9.80 Å². The van der Waals surface area contributed by atoms with Crippen LogP contribution in [-0.4, -0.2) is 102 Å². The third kappa shape index (κ3) is 7.55. The van der Waals surface area contributed by atoms with Crippen LogP contribution < -0.4 is 4.72 Å². The van der Waals surface area contributed by atoms with Gasteiger partial charge in [0.15, 0.2) is 0 Å². The van der Waals surface area contributed by atoms with E-state index in [0.29, 0.717) is 44.8 Å². The van der Waals surface area contributed by atoms with Crippen molar-refractivity contribution in [1.29, 1.82) is 0 Å². The minimum atomic E-state index is -4.10.